The maximum atomic E-state index is 12.7. The molecule has 1 unspecified atom stereocenters. The van der Waals surface area contributed by atoms with Crippen molar-refractivity contribution in [1.29, 1.82) is 0 Å². The van der Waals surface area contributed by atoms with Crippen molar-refractivity contribution in [1.82, 2.24) is 0 Å². The number of nitrogens with one attached hydrogen (secondary N) is 1. The number of fused-ring (bicyclic) bond motifs is 1. The number of thiophene rings is 1. The lowest BCUT2D eigenvalue weighted by atomic mass is 9.72. The normalized spacial score (nSPS) is 16.1. The van der Waals surface area contributed by atoms with Gasteiger partial charge in [0.2, 0.25) is 5.91 Å². The lowest BCUT2D eigenvalue weighted by Gasteiger charge is -2.33. The Kier molecular flexibility index (Phi) is 7.30. The minimum absolute atomic E-state index is 0.0999. The van der Waals surface area contributed by atoms with Crippen molar-refractivity contribution in [3.05, 3.63) is 45.8 Å². The Labute approximate surface area is 187 Å². The molecule has 1 heterocycles. The SMILES string of the molecule is CCOC(=O)c1c(NC(=O)CSc2ccc(C)cc2)sc2c1CCC(C(C)(C)C)C2. The molecule has 3 rings (SSSR count). The van der Waals surface area contributed by atoms with Gasteiger partial charge < -0.3 is 10.1 Å². The Morgan fingerprint density at radius 2 is 1.93 bits per heavy atom. The summed E-state index contributed by atoms with van der Waals surface area (Å²) in [5.74, 6) is 0.445. The second kappa shape index (κ2) is 9.56. The van der Waals surface area contributed by atoms with Crippen LogP contribution in [0.25, 0.3) is 0 Å². The number of rotatable bonds is 6. The van der Waals surface area contributed by atoms with Crippen LogP contribution in [0.4, 0.5) is 5.00 Å². The fraction of sp³-hybridized carbons (Fsp3) is 0.500. The van der Waals surface area contributed by atoms with Crippen molar-refractivity contribution < 1.29 is 14.3 Å². The first-order valence-corrected chi connectivity index (χ1v) is 12.3. The zero-order valence-corrected chi connectivity index (χ0v) is 20.1. The van der Waals surface area contributed by atoms with E-state index in [1.54, 1.807) is 11.3 Å². The number of esters is 1. The number of thioether (sulfide) groups is 1. The molecular weight excluding hydrogens is 414 g/mol. The van der Waals surface area contributed by atoms with Crippen molar-refractivity contribution in [3.8, 4) is 0 Å². The van der Waals surface area contributed by atoms with Gasteiger partial charge in [-0.15, -0.1) is 23.1 Å². The van der Waals surface area contributed by atoms with Crippen LogP contribution in [-0.4, -0.2) is 24.2 Å². The number of anilines is 1. The number of hydrogen-bond acceptors (Lipinski definition) is 5. The van der Waals surface area contributed by atoms with Gasteiger partial charge in [-0.25, -0.2) is 4.79 Å². The molecule has 0 aliphatic heterocycles. The van der Waals surface area contributed by atoms with E-state index in [9.17, 15) is 9.59 Å². The highest BCUT2D eigenvalue weighted by Crippen LogP contribution is 2.44. The Bertz CT molecular complexity index is 910. The molecule has 0 saturated carbocycles. The molecule has 1 aromatic heterocycles. The van der Waals surface area contributed by atoms with Gasteiger partial charge in [-0.1, -0.05) is 38.5 Å². The van der Waals surface area contributed by atoms with Crippen LogP contribution in [0.15, 0.2) is 29.2 Å². The summed E-state index contributed by atoms with van der Waals surface area (Å²) >= 11 is 3.04. The summed E-state index contributed by atoms with van der Waals surface area (Å²) in [6.45, 7) is 11.0. The maximum absolute atomic E-state index is 12.7. The summed E-state index contributed by atoms with van der Waals surface area (Å²) in [6, 6.07) is 8.12. The van der Waals surface area contributed by atoms with Crippen molar-refractivity contribution >= 4 is 40.0 Å². The predicted octanol–water partition coefficient (Wildman–Crippen LogP) is 6.12. The van der Waals surface area contributed by atoms with Crippen molar-refractivity contribution in [2.24, 2.45) is 11.3 Å². The second-order valence-corrected chi connectivity index (χ2v) is 11.0. The van der Waals surface area contributed by atoms with E-state index in [0.29, 0.717) is 28.8 Å². The van der Waals surface area contributed by atoms with Crippen LogP contribution in [0.2, 0.25) is 0 Å². The minimum Gasteiger partial charge on any atom is -0.462 e. The first kappa shape index (κ1) is 22.9. The summed E-state index contributed by atoms with van der Waals surface area (Å²) < 4.78 is 5.32. The zero-order chi connectivity index (χ0) is 21.9. The molecule has 1 N–H and O–H groups in total. The lowest BCUT2D eigenvalue weighted by molar-refractivity contribution is -0.113. The fourth-order valence-electron chi connectivity index (χ4n) is 3.78. The van der Waals surface area contributed by atoms with E-state index < -0.39 is 0 Å². The highest BCUT2D eigenvalue weighted by atomic mass is 32.2. The summed E-state index contributed by atoms with van der Waals surface area (Å²) in [4.78, 5) is 27.6. The molecule has 0 saturated heterocycles. The first-order chi connectivity index (χ1) is 14.2. The summed E-state index contributed by atoms with van der Waals surface area (Å²) in [5, 5.41) is 3.64. The topological polar surface area (TPSA) is 55.4 Å². The molecule has 1 aliphatic carbocycles. The van der Waals surface area contributed by atoms with Crippen molar-refractivity contribution in [2.75, 3.05) is 17.7 Å². The number of carbonyl (C=O) groups is 2. The predicted molar refractivity (Wildman–Crippen MR) is 126 cm³/mol. The van der Waals surface area contributed by atoms with Gasteiger partial charge in [0, 0.05) is 9.77 Å². The quantitative estimate of drug-likeness (QED) is 0.430. The van der Waals surface area contributed by atoms with Gasteiger partial charge in [0.05, 0.1) is 17.9 Å². The highest BCUT2D eigenvalue weighted by molar-refractivity contribution is 8.00. The van der Waals surface area contributed by atoms with Crippen LogP contribution < -0.4 is 5.32 Å². The molecule has 0 radical (unpaired) electrons. The Morgan fingerprint density at radius 3 is 2.57 bits per heavy atom. The van der Waals surface area contributed by atoms with E-state index in [4.69, 9.17) is 4.74 Å². The van der Waals surface area contributed by atoms with E-state index in [0.717, 1.165) is 29.7 Å². The largest absolute Gasteiger partial charge is 0.462 e. The third-order valence-corrected chi connectivity index (χ3v) is 7.80. The van der Waals surface area contributed by atoms with E-state index >= 15 is 0 Å². The van der Waals surface area contributed by atoms with Crippen LogP contribution in [0.1, 0.15) is 60.5 Å². The average Bonchev–Trinajstić information content (AvgIpc) is 3.04. The van der Waals surface area contributed by atoms with Gasteiger partial charge in [-0.05, 0) is 62.1 Å². The van der Waals surface area contributed by atoms with E-state index in [-0.39, 0.29) is 17.3 Å². The maximum Gasteiger partial charge on any atom is 0.341 e. The van der Waals surface area contributed by atoms with Gasteiger partial charge in [-0.3, -0.25) is 4.79 Å². The van der Waals surface area contributed by atoms with Crippen LogP contribution in [-0.2, 0) is 22.4 Å². The molecule has 1 atom stereocenters. The molecule has 162 valence electrons. The number of carbonyl (C=O) groups excluding carboxylic acids is 2. The van der Waals surface area contributed by atoms with Crippen molar-refractivity contribution in [3.63, 3.8) is 0 Å². The Morgan fingerprint density at radius 1 is 1.23 bits per heavy atom. The van der Waals surface area contributed by atoms with Gasteiger partial charge in [0.1, 0.15) is 5.00 Å². The lowest BCUT2D eigenvalue weighted by Crippen LogP contribution is -2.26. The van der Waals surface area contributed by atoms with E-state index in [2.05, 4.69) is 26.1 Å². The molecule has 1 aliphatic rings. The standard InChI is InChI=1S/C24H31NO3S2/c1-6-28-23(27)21-18-12-9-16(24(3,4)5)13-19(18)30-22(21)25-20(26)14-29-17-10-7-15(2)8-11-17/h7-8,10-11,16H,6,9,12-14H2,1-5H3,(H,25,26). The summed E-state index contributed by atoms with van der Waals surface area (Å²) in [7, 11) is 0. The molecule has 0 spiro atoms. The zero-order valence-electron chi connectivity index (χ0n) is 18.5. The molecule has 0 bridgehead atoms. The van der Waals surface area contributed by atoms with Gasteiger partial charge in [0.25, 0.3) is 0 Å². The van der Waals surface area contributed by atoms with E-state index in [1.807, 2.05) is 38.1 Å². The number of aryl methyl sites for hydroxylation is 1. The first-order valence-electron chi connectivity index (χ1n) is 10.5. The van der Waals surface area contributed by atoms with Crippen LogP contribution in [0.5, 0.6) is 0 Å². The van der Waals surface area contributed by atoms with Crippen LogP contribution in [0.3, 0.4) is 0 Å². The average molecular weight is 446 g/mol. The molecule has 4 nitrogen and oxygen atoms in total. The molecular formula is C24H31NO3S2. The van der Waals surface area contributed by atoms with Gasteiger partial charge in [-0.2, -0.15) is 0 Å². The fourth-order valence-corrected chi connectivity index (χ4v) is 5.81. The smallest absolute Gasteiger partial charge is 0.341 e. The molecule has 1 aromatic carbocycles. The van der Waals surface area contributed by atoms with E-state index in [1.165, 1.54) is 22.2 Å². The molecule has 30 heavy (non-hydrogen) atoms. The number of benzene rings is 1. The minimum atomic E-state index is -0.328. The van der Waals surface area contributed by atoms with Crippen LogP contribution >= 0.6 is 23.1 Å². The molecule has 2 aromatic rings. The molecule has 6 heteroatoms. The Balaban J connectivity index is 1.77. The number of amides is 1. The highest BCUT2D eigenvalue weighted by Gasteiger charge is 2.34. The van der Waals surface area contributed by atoms with Crippen molar-refractivity contribution in [2.45, 2.75) is 58.8 Å². The van der Waals surface area contributed by atoms with Gasteiger partial charge >= 0.3 is 5.97 Å². The number of ether oxygens (including phenoxy) is 1. The summed E-state index contributed by atoms with van der Waals surface area (Å²) in [5.41, 5.74) is 3.05. The molecule has 0 fully saturated rings. The van der Waals surface area contributed by atoms with Crippen LogP contribution in [0, 0.1) is 18.3 Å². The van der Waals surface area contributed by atoms with Gasteiger partial charge in [0.15, 0.2) is 0 Å². The third kappa shape index (κ3) is 5.46. The Hall–Kier alpha value is -1.79. The second-order valence-electron chi connectivity index (χ2n) is 8.88. The number of hydrogen-bond donors (Lipinski definition) is 1. The summed E-state index contributed by atoms with van der Waals surface area (Å²) in [6.07, 6.45) is 2.86. The molecule has 1 amide bonds. The third-order valence-electron chi connectivity index (χ3n) is 5.61. The monoisotopic (exact) mass is 445 g/mol.